The molecular formula is C31H26O16. The predicted molar refractivity (Wildman–Crippen MR) is 152 cm³/mol. The molecule has 246 valence electrons. The number of carboxylic acids is 1. The molecule has 1 fully saturated rings. The minimum atomic E-state index is -3.11. The maximum atomic E-state index is 13.8. The summed E-state index contributed by atoms with van der Waals surface area (Å²) in [7, 11) is 0. The first-order valence-corrected chi connectivity index (χ1v) is 13.8. The number of phenolic OH excluding ortho intramolecular Hbond substituents is 4. The van der Waals surface area contributed by atoms with Gasteiger partial charge in [0.15, 0.2) is 28.6 Å². The molecule has 0 bridgehead atoms. The number of carboxylic acid groups (broad SMARTS) is 1. The lowest BCUT2D eigenvalue weighted by Crippen LogP contribution is -2.70. The van der Waals surface area contributed by atoms with Gasteiger partial charge >= 0.3 is 23.5 Å². The van der Waals surface area contributed by atoms with E-state index in [0.717, 1.165) is 36.4 Å². The fourth-order valence-electron chi connectivity index (χ4n) is 5.68. The van der Waals surface area contributed by atoms with Crippen LogP contribution < -0.4 is 14.2 Å². The monoisotopic (exact) mass is 654 g/mol. The number of carbonyl (C=O) groups is 3. The number of phenols is 4. The number of aliphatic hydroxyl groups is 4. The number of benzene rings is 3. The molecule has 16 nitrogen and oxygen atoms in total. The highest BCUT2D eigenvalue weighted by atomic mass is 16.8. The molecule has 0 spiro atoms. The number of fused-ring (bicyclic) bond motifs is 3. The van der Waals surface area contributed by atoms with Crippen molar-refractivity contribution in [2.45, 2.75) is 48.3 Å². The number of ether oxygens (including phenoxy) is 4. The van der Waals surface area contributed by atoms with E-state index in [2.05, 4.69) is 0 Å². The average Bonchev–Trinajstić information content (AvgIpc) is 2.99. The van der Waals surface area contributed by atoms with Gasteiger partial charge in [0.1, 0.15) is 35.0 Å². The smallest absolute Gasteiger partial charge is 0.357 e. The first-order valence-electron chi connectivity index (χ1n) is 13.8. The number of esters is 1. The molecule has 0 radical (unpaired) electrons. The number of carbonyl (C=O) groups excluding carboxylic acids is 2. The van der Waals surface area contributed by atoms with E-state index in [0.29, 0.717) is 0 Å². The SMILES string of the molecule is O=C(C=Cc1ccc2c(c1)OC1(O)C(=O)c3c(O)cc(O)cc3OC1(c1ccc(O)c(O)c1)O2)O[C@@H]1C[C@](O)(C(=O)O)C[C@@H](O)[C@H]1O. The van der Waals surface area contributed by atoms with E-state index in [1.54, 1.807) is 0 Å². The van der Waals surface area contributed by atoms with Crippen LogP contribution in [0.15, 0.2) is 54.6 Å². The van der Waals surface area contributed by atoms with E-state index in [-0.39, 0.29) is 22.6 Å². The second kappa shape index (κ2) is 10.8. The summed E-state index contributed by atoms with van der Waals surface area (Å²) in [5, 5.41) is 92.1. The van der Waals surface area contributed by atoms with Crippen molar-refractivity contribution < 1.29 is 79.3 Å². The summed E-state index contributed by atoms with van der Waals surface area (Å²) in [5.41, 5.74) is -3.03. The number of aliphatic carboxylic acids is 1. The normalized spacial score (nSPS) is 29.4. The summed E-state index contributed by atoms with van der Waals surface area (Å²) in [5.74, 6) is -13.0. The van der Waals surface area contributed by atoms with Crippen LogP contribution in [0.2, 0.25) is 0 Å². The number of rotatable bonds is 5. The largest absolute Gasteiger partial charge is 0.508 e. The van der Waals surface area contributed by atoms with Gasteiger partial charge in [-0.05, 0) is 42.0 Å². The van der Waals surface area contributed by atoms with E-state index in [9.17, 15) is 60.3 Å². The fraction of sp³-hybridized carbons (Fsp3) is 0.258. The Morgan fingerprint density at radius 2 is 1.55 bits per heavy atom. The Bertz CT molecular complexity index is 1850. The highest BCUT2D eigenvalue weighted by molar-refractivity contribution is 6.08. The first kappa shape index (κ1) is 31.4. The van der Waals surface area contributed by atoms with E-state index in [4.69, 9.17) is 18.9 Å². The Morgan fingerprint density at radius 3 is 2.26 bits per heavy atom. The molecule has 1 aliphatic carbocycles. The standard InChI is InChI=1S/C31H26O16/c32-15-9-18(35)25-22(10-15)47-31(14-3-4-16(33)17(34)8-14)30(43,27(25)39)45-21-7-13(1-5-20(21)46-31)2-6-24(37)44-23-12-29(42,28(40)41)11-19(36)26(23)38/h1-10,19,23,26,32-36,38,42-43H,11-12H2,(H,40,41)/t19-,23-,26-,29+,30?,31?/m1/s1. The van der Waals surface area contributed by atoms with Crippen molar-refractivity contribution in [3.8, 4) is 40.2 Å². The van der Waals surface area contributed by atoms with Crippen LogP contribution in [0.4, 0.5) is 0 Å². The highest BCUT2D eigenvalue weighted by Crippen LogP contribution is 2.55. The summed E-state index contributed by atoms with van der Waals surface area (Å²) in [6.07, 6.45) is -4.19. The van der Waals surface area contributed by atoms with Crippen molar-refractivity contribution in [3.05, 3.63) is 71.3 Å². The molecule has 0 saturated heterocycles. The van der Waals surface area contributed by atoms with Crippen molar-refractivity contribution in [1.29, 1.82) is 0 Å². The van der Waals surface area contributed by atoms with Gasteiger partial charge in [-0.3, -0.25) is 4.79 Å². The zero-order chi connectivity index (χ0) is 34.1. The molecule has 16 heteroatoms. The van der Waals surface area contributed by atoms with Crippen molar-refractivity contribution in [3.63, 3.8) is 0 Å². The van der Waals surface area contributed by atoms with Crippen molar-refractivity contribution in [2.75, 3.05) is 0 Å². The van der Waals surface area contributed by atoms with Crippen molar-refractivity contribution in [1.82, 2.24) is 0 Å². The topological polar surface area (TPSA) is 270 Å². The summed E-state index contributed by atoms with van der Waals surface area (Å²) < 4.78 is 22.8. The summed E-state index contributed by atoms with van der Waals surface area (Å²) in [4.78, 5) is 37.8. The molecule has 2 aliphatic heterocycles. The van der Waals surface area contributed by atoms with Crippen LogP contribution in [0.5, 0.6) is 40.2 Å². The Kier molecular flexibility index (Phi) is 7.20. The zero-order valence-corrected chi connectivity index (χ0v) is 23.8. The van der Waals surface area contributed by atoms with Crippen LogP contribution in [-0.2, 0) is 20.1 Å². The van der Waals surface area contributed by atoms with Gasteiger partial charge in [-0.1, -0.05) is 6.07 Å². The third-order valence-electron chi connectivity index (χ3n) is 8.07. The minimum absolute atomic E-state index is 0.130. The van der Waals surface area contributed by atoms with Gasteiger partial charge in [0, 0.05) is 36.6 Å². The van der Waals surface area contributed by atoms with E-state index in [1.165, 1.54) is 24.3 Å². The first-order chi connectivity index (χ1) is 22.1. The van der Waals surface area contributed by atoms with Gasteiger partial charge < -0.3 is 64.9 Å². The van der Waals surface area contributed by atoms with Crippen molar-refractivity contribution in [2.24, 2.45) is 0 Å². The zero-order valence-electron chi connectivity index (χ0n) is 23.8. The van der Waals surface area contributed by atoms with Crippen LogP contribution in [-0.4, -0.2) is 93.4 Å². The summed E-state index contributed by atoms with van der Waals surface area (Å²) in [6.45, 7) is 0. The minimum Gasteiger partial charge on any atom is -0.508 e. The second-order valence-electron chi connectivity index (χ2n) is 11.3. The van der Waals surface area contributed by atoms with Crippen LogP contribution in [0.1, 0.15) is 34.3 Å². The Labute approximate surface area is 263 Å². The van der Waals surface area contributed by atoms with E-state index in [1.807, 2.05) is 0 Å². The van der Waals surface area contributed by atoms with Gasteiger partial charge in [-0.15, -0.1) is 0 Å². The molecule has 2 heterocycles. The lowest BCUT2D eigenvalue weighted by atomic mass is 9.79. The number of aromatic hydroxyl groups is 4. The van der Waals surface area contributed by atoms with Gasteiger partial charge in [-0.2, -0.15) is 0 Å². The molecule has 3 aromatic carbocycles. The number of hydrogen-bond acceptors (Lipinski definition) is 15. The van der Waals surface area contributed by atoms with Crippen LogP contribution in [0, 0.1) is 0 Å². The Morgan fingerprint density at radius 1 is 0.830 bits per heavy atom. The van der Waals surface area contributed by atoms with Crippen LogP contribution in [0.25, 0.3) is 6.08 Å². The third kappa shape index (κ3) is 4.99. The van der Waals surface area contributed by atoms with Gasteiger partial charge in [0.25, 0.3) is 5.78 Å². The van der Waals surface area contributed by atoms with Crippen LogP contribution in [0.3, 0.4) is 0 Å². The molecule has 47 heavy (non-hydrogen) atoms. The third-order valence-corrected chi connectivity index (χ3v) is 8.07. The molecule has 3 aromatic rings. The number of ketones is 1. The van der Waals surface area contributed by atoms with Crippen molar-refractivity contribution >= 4 is 23.8 Å². The molecule has 3 aliphatic rings. The quantitative estimate of drug-likeness (QED) is 0.102. The Hall–Kier alpha value is -5.55. The maximum Gasteiger partial charge on any atom is 0.357 e. The second-order valence-corrected chi connectivity index (χ2v) is 11.3. The molecule has 1 saturated carbocycles. The maximum absolute atomic E-state index is 13.8. The molecular weight excluding hydrogens is 628 g/mol. The Balaban J connectivity index is 1.32. The lowest BCUT2D eigenvalue weighted by molar-refractivity contribution is -0.316. The van der Waals surface area contributed by atoms with Gasteiger partial charge in [0.2, 0.25) is 0 Å². The van der Waals surface area contributed by atoms with E-state index >= 15 is 0 Å². The fourth-order valence-corrected chi connectivity index (χ4v) is 5.68. The number of hydrogen-bond donors (Lipinski definition) is 9. The molecule has 9 N–H and O–H groups in total. The molecule has 0 amide bonds. The highest BCUT2D eigenvalue weighted by Gasteiger charge is 2.71. The predicted octanol–water partition coefficient (Wildman–Crippen LogP) is 0.353. The molecule has 6 rings (SSSR count). The summed E-state index contributed by atoms with van der Waals surface area (Å²) in [6, 6.07) is 8.89. The number of Topliss-reactive ketones (excluding diaryl/α,β-unsaturated/α-hetero) is 1. The lowest BCUT2D eigenvalue weighted by Gasteiger charge is -2.50. The molecule has 2 unspecified atom stereocenters. The molecule has 0 aromatic heterocycles. The van der Waals surface area contributed by atoms with Gasteiger partial charge in [0.05, 0.1) is 6.10 Å². The van der Waals surface area contributed by atoms with Gasteiger partial charge in [-0.25, -0.2) is 9.59 Å². The average molecular weight is 655 g/mol. The number of aliphatic hydroxyl groups excluding tert-OH is 2. The van der Waals surface area contributed by atoms with E-state index < -0.39 is 100 Å². The summed E-state index contributed by atoms with van der Waals surface area (Å²) >= 11 is 0. The van der Waals surface area contributed by atoms with Crippen LogP contribution >= 0.6 is 0 Å². The molecule has 6 atom stereocenters.